The fraction of sp³-hybridized carbons (Fsp3) is 0. The van der Waals surface area contributed by atoms with Gasteiger partial charge in [-0.25, -0.2) is 0 Å². The van der Waals surface area contributed by atoms with Gasteiger partial charge in [-0.15, -0.1) is 0 Å². The summed E-state index contributed by atoms with van der Waals surface area (Å²) < 4.78 is 0. The first-order chi connectivity index (χ1) is 17.9. The molecule has 36 heavy (non-hydrogen) atoms. The van der Waals surface area contributed by atoms with E-state index in [9.17, 15) is 0 Å². The molecule has 4 aliphatic rings. The lowest BCUT2D eigenvalue weighted by atomic mass is 10.00. The molecule has 4 aliphatic carbocycles. The molecular weight excluding hydrogens is 432 g/mol. The molecule has 2 aromatic rings. The Bertz CT molecular complexity index is 1480. The number of benzene rings is 2. The number of fused-ring (bicyclic) bond motifs is 2. The third-order valence-electron chi connectivity index (χ3n) is 6.68. The minimum atomic E-state index is 1.20. The van der Waals surface area contributed by atoms with Gasteiger partial charge in [0.25, 0.3) is 0 Å². The van der Waals surface area contributed by atoms with Gasteiger partial charge in [0.05, 0.1) is 0 Å². The van der Waals surface area contributed by atoms with Crippen molar-refractivity contribution >= 4 is 24.3 Å². The standard InChI is InChI=1S/C36H26/c1-5-13-27(14-6-1)21-23-29-25-35(33-19-11-3-9-17-31(29)33)36-26-30(24-22-28-15-7-2-8-16-28)32-18-10-4-12-20-34(32)36/h1-26H/b23-21+,24-22+. The molecule has 0 bridgehead atoms. The van der Waals surface area contributed by atoms with Gasteiger partial charge in [0.1, 0.15) is 0 Å². The molecule has 0 atom stereocenters. The van der Waals surface area contributed by atoms with Crippen molar-refractivity contribution in [1.82, 2.24) is 0 Å². The van der Waals surface area contributed by atoms with Crippen LogP contribution >= 0.6 is 0 Å². The van der Waals surface area contributed by atoms with Crippen molar-refractivity contribution < 1.29 is 0 Å². The van der Waals surface area contributed by atoms with Crippen LogP contribution in [0.5, 0.6) is 0 Å². The van der Waals surface area contributed by atoms with E-state index in [1.807, 2.05) is 0 Å². The molecule has 2 aromatic carbocycles. The van der Waals surface area contributed by atoms with E-state index in [-0.39, 0.29) is 0 Å². The average Bonchev–Trinajstić information content (AvgIpc) is 3.18. The Labute approximate surface area is 213 Å². The lowest BCUT2D eigenvalue weighted by Gasteiger charge is -2.03. The van der Waals surface area contributed by atoms with Gasteiger partial charge in [0.2, 0.25) is 0 Å². The molecule has 170 valence electrons. The maximum absolute atomic E-state index is 2.34. The quantitative estimate of drug-likeness (QED) is 0.241. The third kappa shape index (κ3) is 4.37. The summed E-state index contributed by atoms with van der Waals surface area (Å²) in [5, 5.41) is 0. The van der Waals surface area contributed by atoms with Crippen LogP contribution in [0.1, 0.15) is 22.3 Å². The molecule has 0 aliphatic heterocycles. The summed E-state index contributed by atoms with van der Waals surface area (Å²) in [5.41, 5.74) is 12.5. The fourth-order valence-electron chi connectivity index (χ4n) is 4.91. The van der Waals surface area contributed by atoms with E-state index in [0.717, 1.165) is 0 Å². The largest absolute Gasteiger partial charge is 0.0622 e. The Morgan fingerprint density at radius 1 is 0.278 bits per heavy atom. The van der Waals surface area contributed by atoms with Crippen LogP contribution in [-0.2, 0) is 0 Å². The van der Waals surface area contributed by atoms with Crippen LogP contribution in [0.15, 0.2) is 133 Å². The van der Waals surface area contributed by atoms with Gasteiger partial charge in [0, 0.05) is 0 Å². The summed E-state index contributed by atoms with van der Waals surface area (Å²) in [6.45, 7) is 0. The molecule has 0 amide bonds. The first-order valence-corrected chi connectivity index (χ1v) is 12.4. The number of rotatable bonds is 5. The second kappa shape index (κ2) is 9.90. The Morgan fingerprint density at radius 2 is 0.611 bits per heavy atom. The molecule has 0 fully saturated rings. The van der Waals surface area contributed by atoms with Crippen molar-refractivity contribution in [3.63, 3.8) is 0 Å². The number of hydrogen-bond donors (Lipinski definition) is 0. The zero-order valence-electron chi connectivity index (χ0n) is 20.0. The van der Waals surface area contributed by atoms with Gasteiger partial charge >= 0.3 is 0 Å². The van der Waals surface area contributed by atoms with Crippen LogP contribution in [0.4, 0.5) is 0 Å². The van der Waals surface area contributed by atoms with E-state index >= 15 is 0 Å². The van der Waals surface area contributed by atoms with Crippen LogP contribution < -0.4 is 0 Å². The Kier molecular flexibility index (Phi) is 6.00. The molecule has 0 aromatic heterocycles. The smallest absolute Gasteiger partial charge is 0.00926 e. The zero-order valence-corrected chi connectivity index (χ0v) is 20.0. The van der Waals surface area contributed by atoms with Crippen LogP contribution in [0.25, 0.3) is 57.7 Å². The van der Waals surface area contributed by atoms with E-state index in [0.29, 0.717) is 0 Å². The van der Waals surface area contributed by atoms with Crippen molar-refractivity contribution in [3.05, 3.63) is 156 Å². The maximum atomic E-state index is 2.34. The topological polar surface area (TPSA) is 0 Å². The lowest BCUT2D eigenvalue weighted by Crippen LogP contribution is -1.77. The highest BCUT2D eigenvalue weighted by Crippen LogP contribution is 2.46. The van der Waals surface area contributed by atoms with Crippen molar-refractivity contribution in [3.8, 4) is 33.4 Å². The van der Waals surface area contributed by atoms with E-state index < -0.39 is 0 Å². The van der Waals surface area contributed by atoms with E-state index in [1.54, 1.807) is 0 Å². The minimum absolute atomic E-state index is 1.20. The lowest BCUT2D eigenvalue weighted by molar-refractivity contribution is 1.66. The summed E-state index contributed by atoms with van der Waals surface area (Å²) in [7, 11) is 0. The summed E-state index contributed by atoms with van der Waals surface area (Å²) >= 11 is 0. The Balaban J connectivity index is 1.50. The highest BCUT2D eigenvalue weighted by Gasteiger charge is 2.20. The maximum Gasteiger partial charge on any atom is -0.00926 e. The average molecular weight is 459 g/mol. The monoisotopic (exact) mass is 458 g/mol. The highest BCUT2D eigenvalue weighted by molar-refractivity contribution is 6.02. The molecule has 0 N–H and O–H groups in total. The van der Waals surface area contributed by atoms with Gasteiger partial charge in [-0.1, -0.05) is 146 Å². The molecule has 0 heteroatoms. The minimum Gasteiger partial charge on any atom is -0.0622 e. The van der Waals surface area contributed by atoms with Gasteiger partial charge in [-0.3, -0.25) is 0 Å². The van der Waals surface area contributed by atoms with E-state index in [2.05, 4.69) is 158 Å². The van der Waals surface area contributed by atoms with Crippen molar-refractivity contribution in [2.24, 2.45) is 0 Å². The molecular formula is C36H26. The zero-order chi connectivity index (χ0) is 24.2. The first-order valence-electron chi connectivity index (χ1n) is 12.4. The fourth-order valence-corrected chi connectivity index (χ4v) is 4.91. The molecule has 0 nitrogen and oxygen atoms in total. The van der Waals surface area contributed by atoms with Crippen molar-refractivity contribution in [2.75, 3.05) is 0 Å². The first kappa shape index (κ1) is 21.8. The van der Waals surface area contributed by atoms with Crippen LogP contribution in [0.3, 0.4) is 0 Å². The van der Waals surface area contributed by atoms with Gasteiger partial charge in [-0.05, 0) is 67.8 Å². The molecule has 0 radical (unpaired) electrons. The Morgan fingerprint density at radius 3 is 1.00 bits per heavy atom. The summed E-state index contributed by atoms with van der Waals surface area (Å²) in [5.74, 6) is 0. The van der Waals surface area contributed by atoms with Crippen molar-refractivity contribution in [1.29, 1.82) is 0 Å². The molecule has 6 rings (SSSR count). The summed E-state index contributed by atoms with van der Waals surface area (Å²) in [6.07, 6.45) is 8.87. The van der Waals surface area contributed by atoms with Gasteiger partial charge in [-0.2, -0.15) is 0 Å². The second-order valence-electron chi connectivity index (χ2n) is 8.99. The van der Waals surface area contributed by atoms with E-state index in [1.165, 1.54) is 55.6 Å². The van der Waals surface area contributed by atoms with Crippen LogP contribution in [-0.4, -0.2) is 0 Å². The normalized spacial score (nSPS) is 11.7. The van der Waals surface area contributed by atoms with E-state index in [4.69, 9.17) is 0 Å². The van der Waals surface area contributed by atoms with Crippen molar-refractivity contribution in [2.45, 2.75) is 0 Å². The molecule has 0 unspecified atom stereocenters. The SMILES string of the molecule is C(=C\c1cc(-c2cc(/C=C/c3ccccc3)c3cccccc2-3)c2cccccc1-2)/c1ccccc1. The predicted octanol–water partition coefficient (Wildman–Crippen LogP) is 9.90. The molecule has 0 saturated carbocycles. The van der Waals surface area contributed by atoms with Crippen LogP contribution in [0.2, 0.25) is 0 Å². The Hall–Kier alpha value is -4.68. The second-order valence-corrected chi connectivity index (χ2v) is 8.99. The highest BCUT2D eigenvalue weighted by atomic mass is 14.2. The molecule has 0 heterocycles. The number of hydrogen-bond acceptors (Lipinski definition) is 0. The van der Waals surface area contributed by atoms with Gasteiger partial charge < -0.3 is 0 Å². The van der Waals surface area contributed by atoms with Gasteiger partial charge in [0.15, 0.2) is 0 Å². The summed E-state index contributed by atoms with van der Waals surface area (Å²) in [4.78, 5) is 0. The molecule has 0 spiro atoms. The predicted molar refractivity (Wildman–Crippen MR) is 156 cm³/mol. The summed E-state index contributed by atoms with van der Waals surface area (Å²) in [6, 6.07) is 47.3. The third-order valence-corrected chi connectivity index (χ3v) is 6.68. The van der Waals surface area contributed by atoms with Crippen LogP contribution in [0, 0.1) is 0 Å². The molecule has 0 saturated heterocycles.